The van der Waals surface area contributed by atoms with Crippen LogP contribution in [0.5, 0.6) is 0 Å². The highest BCUT2D eigenvalue weighted by Gasteiger charge is 2.23. The smallest absolute Gasteiger partial charge is 0.157 e. The van der Waals surface area contributed by atoms with E-state index in [1.165, 1.54) is 17.6 Å². The van der Waals surface area contributed by atoms with E-state index in [-0.39, 0.29) is 16.7 Å². The Kier molecular flexibility index (Phi) is 10.4. The molecule has 1 aliphatic heterocycles. The maximum atomic E-state index is 10.0. The SMILES string of the molecule is C/C(=C\COC1CCCCO1)CC/C=C(\C)CCC(O)C(C)(C)Br. The first kappa shape index (κ1) is 21.9. The van der Waals surface area contributed by atoms with Gasteiger partial charge in [-0.3, -0.25) is 0 Å². The van der Waals surface area contributed by atoms with Crippen molar-refractivity contribution in [2.24, 2.45) is 0 Å². The standard InChI is InChI=1S/C20H35BrO3/c1-16(11-12-18(22)20(3,4)21)8-7-9-17(2)13-15-24-19-10-5-6-14-23-19/h8,13,18-19,22H,5-7,9-12,14-15H2,1-4H3/b16-8+,17-13+. The van der Waals surface area contributed by atoms with Crippen molar-refractivity contribution < 1.29 is 14.6 Å². The third-order valence-electron chi connectivity index (χ3n) is 4.49. The molecule has 0 spiro atoms. The molecule has 0 bridgehead atoms. The van der Waals surface area contributed by atoms with Crippen LogP contribution in [0.25, 0.3) is 0 Å². The van der Waals surface area contributed by atoms with E-state index in [9.17, 15) is 5.11 Å². The molecular weight excluding hydrogens is 368 g/mol. The van der Waals surface area contributed by atoms with Crippen molar-refractivity contribution in [2.75, 3.05) is 13.2 Å². The molecular formula is C20H35BrO3. The lowest BCUT2D eigenvalue weighted by Crippen LogP contribution is -2.29. The van der Waals surface area contributed by atoms with E-state index in [0.717, 1.165) is 45.1 Å². The highest BCUT2D eigenvalue weighted by Crippen LogP contribution is 2.25. The molecule has 0 aliphatic carbocycles. The summed E-state index contributed by atoms with van der Waals surface area (Å²) in [6.07, 6.45) is 11.4. The molecule has 0 aromatic carbocycles. The van der Waals surface area contributed by atoms with E-state index >= 15 is 0 Å². The van der Waals surface area contributed by atoms with Crippen LogP contribution in [-0.2, 0) is 9.47 Å². The molecule has 1 aliphatic rings. The van der Waals surface area contributed by atoms with Crippen LogP contribution in [0.3, 0.4) is 0 Å². The lowest BCUT2D eigenvalue weighted by molar-refractivity contribution is -0.155. The number of ether oxygens (including phenoxy) is 2. The van der Waals surface area contributed by atoms with Crippen molar-refractivity contribution in [2.45, 2.75) is 89.4 Å². The minimum absolute atomic E-state index is 0.00458. The zero-order valence-electron chi connectivity index (χ0n) is 15.8. The van der Waals surface area contributed by atoms with Gasteiger partial charge in [-0.05, 0) is 72.6 Å². The van der Waals surface area contributed by atoms with E-state index < -0.39 is 0 Å². The third kappa shape index (κ3) is 9.97. The number of rotatable bonds is 10. The van der Waals surface area contributed by atoms with E-state index in [0.29, 0.717) is 6.61 Å². The number of aliphatic hydroxyl groups excluding tert-OH is 1. The van der Waals surface area contributed by atoms with Crippen LogP contribution in [0.15, 0.2) is 23.3 Å². The average molecular weight is 403 g/mol. The normalized spacial score (nSPS) is 21.8. The van der Waals surface area contributed by atoms with Crippen molar-refractivity contribution in [3.8, 4) is 0 Å². The monoisotopic (exact) mass is 402 g/mol. The van der Waals surface area contributed by atoms with Crippen LogP contribution in [0.1, 0.15) is 72.6 Å². The molecule has 3 nitrogen and oxygen atoms in total. The van der Waals surface area contributed by atoms with Crippen LogP contribution < -0.4 is 0 Å². The van der Waals surface area contributed by atoms with Crippen LogP contribution in [0, 0.1) is 0 Å². The molecule has 1 rings (SSSR count). The molecule has 1 saturated heterocycles. The van der Waals surface area contributed by atoms with Crippen molar-refractivity contribution in [1.82, 2.24) is 0 Å². The quantitative estimate of drug-likeness (QED) is 0.386. The van der Waals surface area contributed by atoms with E-state index in [4.69, 9.17) is 9.47 Å². The zero-order chi connectivity index (χ0) is 18.0. The highest BCUT2D eigenvalue weighted by atomic mass is 79.9. The van der Waals surface area contributed by atoms with Crippen molar-refractivity contribution >= 4 is 15.9 Å². The van der Waals surface area contributed by atoms with Crippen molar-refractivity contribution in [3.63, 3.8) is 0 Å². The number of halogens is 1. The number of alkyl halides is 1. The maximum absolute atomic E-state index is 10.0. The van der Waals surface area contributed by atoms with E-state index in [1.54, 1.807) is 0 Å². The first-order chi connectivity index (χ1) is 11.3. The molecule has 0 aromatic heterocycles. The number of hydrogen-bond donors (Lipinski definition) is 1. The summed E-state index contributed by atoms with van der Waals surface area (Å²) in [6.45, 7) is 9.79. The fraction of sp³-hybridized carbons (Fsp3) is 0.800. The summed E-state index contributed by atoms with van der Waals surface area (Å²) in [4.78, 5) is 0. The van der Waals surface area contributed by atoms with E-state index in [2.05, 4.69) is 41.9 Å². The summed E-state index contributed by atoms with van der Waals surface area (Å²) in [6, 6.07) is 0. The molecule has 2 atom stereocenters. The third-order valence-corrected chi connectivity index (χ3v) is 5.02. The molecule has 0 aromatic rings. The first-order valence-corrected chi connectivity index (χ1v) is 10.00. The van der Waals surface area contributed by atoms with Gasteiger partial charge < -0.3 is 14.6 Å². The molecule has 1 fully saturated rings. The van der Waals surface area contributed by atoms with Crippen LogP contribution in [-0.4, -0.2) is 35.0 Å². The van der Waals surface area contributed by atoms with Gasteiger partial charge in [-0.25, -0.2) is 0 Å². The fourth-order valence-corrected chi connectivity index (χ4v) is 2.83. The second kappa shape index (κ2) is 11.5. The molecule has 1 heterocycles. The highest BCUT2D eigenvalue weighted by molar-refractivity contribution is 9.10. The lowest BCUT2D eigenvalue weighted by Gasteiger charge is -2.23. The average Bonchev–Trinajstić information content (AvgIpc) is 2.52. The largest absolute Gasteiger partial charge is 0.392 e. The fourth-order valence-electron chi connectivity index (χ4n) is 2.60. The predicted octanol–water partition coefficient (Wildman–Crippen LogP) is 5.52. The molecule has 4 heteroatoms. The van der Waals surface area contributed by atoms with Gasteiger partial charge in [0.15, 0.2) is 6.29 Å². The topological polar surface area (TPSA) is 38.7 Å². The Morgan fingerprint density at radius 3 is 2.58 bits per heavy atom. The predicted molar refractivity (Wildman–Crippen MR) is 105 cm³/mol. The lowest BCUT2D eigenvalue weighted by atomic mass is 9.99. The first-order valence-electron chi connectivity index (χ1n) is 9.20. The Bertz CT molecular complexity index is 404. The summed E-state index contributed by atoms with van der Waals surface area (Å²) in [5.74, 6) is 0. The molecule has 2 unspecified atom stereocenters. The molecule has 0 saturated carbocycles. The molecule has 140 valence electrons. The summed E-state index contributed by atoms with van der Waals surface area (Å²) in [5, 5.41) is 10.0. The Balaban J connectivity index is 2.18. The van der Waals surface area contributed by atoms with Crippen molar-refractivity contribution in [1.29, 1.82) is 0 Å². The molecule has 1 N–H and O–H groups in total. The van der Waals surface area contributed by atoms with Gasteiger partial charge in [0, 0.05) is 10.9 Å². The van der Waals surface area contributed by atoms with E-state index in [1.807, 2.05) is 13.8 Å². The van der Waals surface area contributed by atoms with Crippen LogP contribution in [0.2, 0.25) is 0 Å². The number of allylic oxidation sites excluding steroid dienone is 3. The van der Waals surface area contributed by atoms with Crippen LogP contribution in [0.4, 0.5) is 0 Å². The van der Waals surface area contributed by atoms with Gasteiger partial charge in [-0.1, -0.05) is 39.2 Å². The van der Waals surface area contributed by atoms with Crippen molar-refractivity contribution in [3.05, 3.63) is 23.3 Å². The molecule has 0 amide bonds. The maximum Gasteiger partial charge on any atom is 0.157 e. The van der Waals surface area contributed by atoms with Gasteiger partial charge in [-0.2, -0.15) is 0 Å². The number of aliphatic hydroxyl groups is 1. The molecule has 0 radical (unpaired) electrons. The van der Waals surface area contributed by atoms with Gasteiger partial charge >= 0.3 is 0 Å². The number of hydrogen-bond acceptors (Lipinski definition) is 3. The summed E-state index contributed by atoms with van der Waals surface area (Å²) < 4.78 is 11.1. The minimum atomic E-state index is -0.318. The van der Waals surface area contributed by atoms with Crippen LogP contribution >= 0.6 is 15.9 Å². The Morgan fingerprint density at radius 2 is 1.96 bits per heavy atom. The Hall–Kier alpha value is -0.160. The van der Waals surface area contributed by atoms with Gasteiger partial charge in [0.05, 0.1) is 12.7 Å². The second-order valence-electron chi connectivity index (χ2n) is 7.39. The zero-order valence-corrected chi connectivity index (χ0v) is 17.4. The summed E-state index contributed by atoms with van der Waals surface area (Å²) in [7, 11) is 0. The summed E-state index contributed by atoms with van der Waals surface area (Å²) in [5.41, 5.74) is 2.71. The van der Waals surface area contributed by atoms with Gasteiger partial charge in [0.25, 0.3) is 0 Å². The van der Waals surface area contributed by atoms with Gasteiger partial charge in [0.1, 0.15) is 0 Å². The second-order valence-corrected chi connectivity index (χ2v) is 9.43. The van der Waals surface area contributed by atoms with Gasteiger partial charge in [-0.15, -0.1) is 0 Å². The molecule has 24 heavy (non-hydrogen) atoms. The minimum Gasteiger partial charge on any atom is -0.392 e. The summed E-state index contributed by atoms with van der Waals surface area (Å²) >= 11 is 3.52. The Morgan fingerprint density at radius 1 is 1.25 bits per heavy atom. The van der Waals surface area contributed by atoms with Gasteiger partial charge in [0.2, 0.25) is 0 Å². The Labute approximate surface area is 156 Å².